The monoisotopic (exact) mass is 387 g/mol. The third-order valence-electron chi connectivity index (χ3n) is 4.12. The van der Waals surface area contributed by atoms with Gasteiger partial charge in [0.25, 0.3) is 0 Å². The van der Waals surface area contributed by atoms with E-state index in [0.29, 0.717) is 24.5 Å². The van der Waals surface area contributed by atoms with Gasteiger partial charge in [0.05, 0.1) is 19.0 Å². The maximum atomic E-state index is 13.9. The highest BCUT2D eigenvalue weighted by molar-refractivity contribution is 7.89. The summed E-state index contributed by atoms with van der Waals surface area (Å²) in [6, 6.07) is 3.95. The average molecular weight is 387 g/mol. The molecular weight excluding hydrogens is 361 g/mol. The van der Waals surface area contributed by atoms with Gasteiger partial charge < -0.3 is 9.47 Å². The number of carbonyl (C=O) groups excluding carboxylic acids is 1. The van der Waals surface area contributed by atoms with Crippen molar-refractivity contribution in [1.29, 1.82) is 0 Å². The van der Waals surface area contributed by atoms with Crippen molar-refractivity contribution < 1.29 is 27.1 Å². The quantitative estimate of drug-likeness (QED) is 0.466. The summed E-state index contributed by atoms with van der Waals surface area (Å²) in [5, 5.41) is 0. The van der Waals surface area contributed by atoms with Crippen LogP contribution in [0.3, 0.4) is 0 Å². The summed E-state index contributed by atoms with van der Waals surface area (Å²) in [7, 11) is -3.55. The summed E-state index contributed by atoms with van der Waals surface area (Å²) in [4.78, 5) is 10.7. The Hall–Kier alpha value is -1.67. The zero-order chi connectivity index (χ0) is 19.2. The molecule has 0 aliphatic heterocycles. The number of rotatable bonds is 11. The molecule has 0 amide bonds. The molecule has 26 heavy (non-hydrogen) atoms. The maximum absolute atomic E-state index is 13.9. The zero-order valence-corrected chi connectivity index (χ0v) is 16.0. The predicted octanol–water partition coefficient (Wildman–Crippen LogP) is 2.94. The first-order valence-electron chi connectivity index (χ1n) is 8.86. The lowest BCUT2D eigenvalue weighted by atomic mass is 10.1. The van der Waals surface area contributed by atoms with E-state index in [4.69, 9.17) is 9.47 Å². The van der Waals surface area contributed by atoms with Crippen LogP contribution in [0.4, 0.5) is 4.39 Å². The van der Waals surface area contributed by atoms with Crippen LogP contribution in [-0.4, -0.2) is 33.4 Å². The number of hydrogen-bond acceptors (Lipinski definition) is 5. The molecule has 0 radical (unpaired) electrons. The largest absolute Gasteiger partial charge is 0.490 e. The van der Waals surface area contributed by atoms with Gasteiger partial charge in [-0.25, -0.2) is 17.5 Å². The lowest BCUT2D eigenvalue weighted by Crippen LogP contribution is -2.31. The fourth-order valence-corrected chi connectivity index (χ4v) is 3.82. The van der Waals surface area contributed by atoms with Gasteiger partial charge in [0.1, 0.15) is 0 Å². The summed E-state index contributed by atoms with van der Waals surface area (Å²) >= 11 is 0. The molecule has 1 N–H and O–H groups in total. The number of halogens is 1. The number of ether oxygens (including phenoxy) is 2. The second-order valence-corrected chi connectivity index (χ2v) is 8.41. The molecule has 0 spiro atoms. The first-order chi connectivity index (χ1) is 12.3. The van der Waals surface area contributed by atoms with Gasteiger partial charge >= 0.3 is 5.97 Å². The first kappa shape index (κ1) is 20.6. The number of nitrogens with one attached hydrogen (secondary N) is 1. The van der Waals surface area contributed by atoms with Crippen LogP contribution in [0.2, 0.25) is 0 Å². The van der Waals surface area contributed by atoms with E-state index in [0.717, 1.165) is 12.8 Å². The van der Waals surface area contributed by atoms with Crippen LogP contribution in [0.1, 0.15) is 51.1 Å². The Bertz CT molecular complexity index is 718. The van der Waals surface area contributed by atoms with E-state index in [-0.39, 0.29) is 24.5 Å². The van der Waals surface area contributed by atoms with E-state index in [1.807, 2.05) is 6.92 Å². The van der Waals surface area contributed by atoms with Crippen molar-refractivity contribution in [3.05, 3.63) is 29.6 Å². The van der Waals surface area contributed by atoms with Crippen molar-refractivity contribution in [2.24, 2.45) is 5.92 Å². The second-order valence-electron chi connectivity index (χ2n) is 6.54. The summed E-state index contributed by atoms with van der Waals surface area (Å²) in [5.41, 5.74) is 0.656. The van der Waals surface area contributed by atoms with Crippen molar-refractivity contribution >= 4 is 16.0 Å². The van der Waals surface area contributed by atoms with Crippen LogP contribution in [-0.2, 0) is 19.6 Å². The molecule has 0 heterocycles. The highest BCUT2D eigenvalue weighted by Gasteiger charge is 2.23. The molecule has 1 fully saturated rings. The maximum Gasteiger partial charge on any atom is 0.302 e. The van der Waals surface area contributed by atoms with Gasteiger partial charge in [-0.05, 0) is 49.3 Å². The fourth-order valence-electron chi connectivity index (χ4n) is 2.47. The molecule has 1 aromatic rings. The molecular formula is C18H26FNO5S. The molecule has 1 unspecified atom stereocenters. The van der Waals surface area contributed by atoms with Crippen LogP contribution in [0, 0.1) is 11.7 Å². The van der Waals surface area contributed by atoms with E-state index in [1.165, 1.54) is 13.0 Å². The standard InChI is InChI=1S/C18H26FNO5S/c1-3-17(20-26(22,23)10-4-9-24-13(2)21)15-7-8-16(19)18(11-15)25-12-14-5-6-14/h7-8,11,14,17,20H,3-6,9-10,12H2,1-2H3. The van der Waals surface area contributed by atoms with Gasteiger partial charge in [-0.1, -0.05) is 13.0 Å². The molecule has 8 heteroatoms. The minimum absolute atomic E-state index is 0.0583. The van der Waals surface area contributed by atoms with Gasteiger partial charge in [-0.2, -0.15) is 0 Å². The van der Waals surface area contributed by atoms with Gasteiger partial charge in [0.2, 0.25) is 10.0 Å². The average Bonchev–Trinajstić information content (AvgIpc) is 3.40. The molecule has 1 saturated carbocycles. The van der Waals surface area contributed by atoms with Crippen LogP contribution in [0.5, 0.6) is 5.75 Å². The molecule has 6 nitrogen and oxygen atoms in total. The fraction of sp³-hybridized carbons (Fsp3) is 0.611. The molecule has 0 saturated heterocycles. The Labute approximate surface area is 154 Å². The highest BCUT2D eigenvalue weighted by Crippen LogP contribution is 2.31. The smallest absolute Gasteiger partial charge is 0.302 e. The van der Waals surface area contributed by atoms with Crippen molar-refractivity contribution in [1.82, 2.24) is 4.72 Å². The molecule has 1 aromatic carbocycles. The number of benzene rings is 1. The van der Waals surface area contributed by atoms with Crippen LogP contribution in [0.25, 0.3) is 0 Å². The number of carbonyl (C=O) groups is 1. The van der Waals surface area contributed by atoms with Crippen molar-refractivity contribution in [2.75, 3.05) is 19.0 Å². The molecule has 2 rings (SSSR count). The Morgan fingerprint density at radius 1 is 1.38 bits per heavy atom. The molecule has 1 aliphatic rings. The van der Waals surface area contributed by atoms with E-state index >= 15 is 0 Å². The van der Waals surface area contributed by atoms with Gasteiger partial charge in [-0.3, -0.25) is 4.79 Å². The van der Waals surface area contributed by atoms with E-state index < -0.39 is 27.9 Å². The summed E-state index contributed by atoms with van der Waals surface area (Å²) in [6.45, 7) is 3.67. The molecule has 0 aromatic heterocycles. The molecule has 0 bridgehead atoms. The van der Waals surface area contributed by atoms with Crippen molar-refractivity contribution in [3.63, 3.8) is 0 Å². The summed E-state index contributed by atoms with van der Waals surface area (Å²) in [6.07, 6.45) is 2.93. The number of esters is 1. The number of hydrogen-bond donors (Lipinski definition) is 1. The van der Waals surface area contributed by atoms with Crippen LogP contribution in [0.15, 0.2) is 18.2 Å². The third kappa shape index (κ3) is 6.92. The third-order valence-corrected chi connectivity index (χ3v) is 5.59. The summed E-state index contributed by atoms with van der Waals surface area (Å²) < 4.78 is 51.3. The lowest BCUT2D eigenvalue weighted by molar-refractivity contribution is -0.140. The topological polar surface area (TPSA) is 81.7 Å². The van der Waals surface area contributed by atoms with Crippen molar-refractivity contribution in [2.45, 2.75) is 45.6 Å². The minimum Gasteiger partial charge on any atom is -0.490 e. The zero-order valence-electron chi connectivity index (χ0n) is 15.2. The van der Waals surface area contributed by atoms with Crippen LogP contribution >= 0.6 is 0 Å². The molecule has 1 aliphatic carbocycles. The van der Waals surface area contributed by atoms with E-state index in [2.05, 4.69) is 4.72 Å². The van der Waals surface area contributed by atoms with Crippen molar-refractivity contribution in [3.8, 4) is 5.75 Å². The Morgan fingerprint density at radius 3 is 2.73 bits per heavy atom. The lowest BCUT2D eigenvalue weighted by Gasteiger charge is -2.19. The molecule has 1 atom stereocenters. The minimum atomic E-state index is -3.55. The van der Waals surface area contributed by atoms with Gasteiger partial charge in [0, 0.05) is 13.0 Å². The Kier molecular flexibility index (Phi) is 7.40. The highest BCUT2D eigenvalue weighted by atomic mass is 32.2. The normalized spacial score (nSPS) is 15.5. The Morgan fingerprint density at radius 2 is 2.12 bits per heavy atom. The van der Waals surface area contributed by atoms with Gasteiger partial charge in [0.15, 0.2) is 11.6 Å². The SMILES string of the molecule is CCC(NS(=O)(=O)CCCOC(C)=O)c1ccc(F)c(OCC2CC2)c1. The number of sulfonamides is 1. The second kappa shape index (κ2) is 9.32. The first-order valence-corrected chi connectivity index (χ1v) is 10.5. The predicted molar refractivity (Wildman–Crippen MR) is 95.8 cm³/mol. The van der Waals surface area contributed by atoms with Gasteiger partial charge in [-0.15, -0.1) is 0 Å². The van der Waals surface area contributed by atoms with E-state index in [9.17, 15) is 17.6 Å². The molecule has 146 valence electrons. The summed E-state index contributed by atoms with van der Waals surface area (Å²) in [5.74, 6) is -0.388. The van der Waals surface area contributed by atoms with Crippen LogP contribution < -0.4 is 9.46 Å². The van der Waals surface area contributed by atoms with E-state index in [1.54, 1.807) is 12.1 Å². The Balaban J connectivity index is 1.97.